The van der Waals surface area contributed by atoms with E-state index in [9.17, 15) is 19.8 Å². The molecule has 3 aromatic rings. The van der Waals surface area contributed by atoms with Crippen molar-refractivity contribution in [2.24, 2.45) is 4.99 Å². The molecule has 2 unspecified atom stereocenters. The maximum Gasteiger partial charge on any atom is 0.407 e. The highest BCUT2D eigenvalue weighted by molar-refractivity contribution is 5.79. The van der Waals surface area contributed by atoms with Crippen molar-refractivity contribution in [1.29, 1.82) is 0 Å². The smallest absolute Gasteiger partial charge is 0.407 e. The molecule has 0 saturated carbocycles. The molecule has 33 heavy (non-hydrogen) atoms. The fraction of sp³-hybridized carbons (Fsp3) is 0.231. The van der Waals surface area contributed by atoms with E-state index in [1.54, 1.807) is 18.2 Å². The largest absolute Gasteiger partial charge is 0.449 e. The molecule has 3 N–H and O–H groups in total. The Bertz CT molecular complexity index is 1140. The minimum absolute atomic E-state index is 0.0307. The van der Waals surface area contributed by atoms with Gasteiger partial charge in [0.2, 0.25) is 6.08 Å². The lowest BCUT2D eigenvalue weighted by Gasteiger charge is -2.19. The SMILES string of the molecule is O=C=Nc1cccc(C(O)C(O)CCNC(=O)OCC2c3ccccc3-c3ccccc32)c1. The lowest BCUT2D eigenvalue weighted by Crippen LogP contribution is -2.30. The molecule has 4 rings (SSSR count). The number of fused-ring (bicyclic) bond motifs is 3. The number of aliphatic imine (C=N–C) groups is 1. The van der Waals surface area contributed by atoms with Gasteiger partial charge in [0.15, 0.2) is 0 Å². The van der Waals surface area contributed by atoms with Gasteiger partial charge in [0.1, 0.15) is 12.7 Å². The van der Waals surface area contributed by atoms with Gasteiger partial charge in [0.05, 0.1) is 11.8 Å². The molecule has 0 fully saturated rings. The van der Waals surface area contributed by atoms with E-state index in [0.717, 1.165) is 22.3 Å². The molecule has 1 amide bonds. The maximum atomic E-state index is 12.2. The van der Waals surface area contributed by atoms with E-state index < -0.39 is 18.3 Å². The van der Waals surface area contributed by atoms with Crippen LogP contribution in [0.15, 0.2) is 77.8 Å². The number of carbonyl (C=O) groups is 1. The minimum Gasteiger partial charge on any atom is -0.449 e. The van der Waals surface area contributed by atoms with Gasteiger partial charge in [-0.15, -0.1) is 0 Å². The van der Waals surface area contributed by atoms with Crippen molar-refractivity contribution >= 4 is 17.9 Å². The van der Waals surface area contributed by atoms with Crippen LogP contribution in [0.25, 0.3) is 11.1 Å². The third kappa shape index (κ3) is 5.02. The number of nitrogens with zero attached hydrogens (tertiary/aromatic N) is 1. The Labute approximate surface area is 191 Å². The van der Waals surface area contributed by atoms with E-state index in [1.807, 2.05) is 24.3 Å². The van der Waals surface area contributed by atoms with Crippen LogP contribution in [-0.4, -0.2) is 41.6 Å². The second kappa shape index (κ2) is 10.2. The number of benzene rings is 3. The monoisotopic (exact) mass is 444 g/mol. The first-order chi connectivity index (χ1) is 16.1. The summed E-state index contributed by atoms with van der Waals surface area (Å²) in [5, 5.41) is 23.2. The van der Waals surface area contributed by atoms with Crippen molar-refractivity contribution in [3.63, 3.8) is 0 Å². The number of ether oxygens (including phenoxy) is 1. The topological polar surface area (TPSA) is 108 Å². The van der Waals surface area contributed by atoms with Gasteiger partial charge in [0.25, 0.3) is 0 Å². The highest BCUT2D eigenvalue weighted by atomic mass is 16.5. The molecule has 168 valence electrons. The van der Waals surface area contributed by atoms with Gasteiger partial charge in [-0.05, 0) is 46.4 Å². The van der Waals surface area contributed by atoms with Crippen molar-refractivity contribution in [3.05, 3.63) is 89.5 Å². The second-order valence-corrected chi connectivity index (χ2v) is 7.85. The molecular formula is C26H24N2O5. The van der Waals surface area contributed by atoms with E-state index in [-0.39, 0.29) is 25.5 Å². The number of hydrogen-bond donors (Lipinski definition) is 3. The van der Waals surface area contributed by atoms with Gasteiger partial charge in [0, 0.05) is 12.5 Å². The van der Waals surface area contributed by atoms with Crippen molar-refractivity contribution in [2.45, 2.75) is 24.5 Å². The maximum absolute atomic E-state index is 12.2. The van der Waals surface area contributed by atoms with Crippen LogP contribution in [0.5, 0.6) is 0 Å². The summed E-state index contributed by atoms with van der Waals surface area (Å²) in [5.41, 5.74) is 5.33. The zero-order valence-electron chi connectivity index (χ0n) is 17.8. The molecule has 0 heterocycles. The van der Waals surface area contributed by atoms with Gasteiger partial charge in [-0.3, -0.25) is 0 Å². The summed E-state index contributed by atoms with van der Waals surface area (Å²) < 4.78 is 5.47. The molecule has 2 atom stereocenters. The molecule has 7 nitrogen and oxygen atoms in total. The highest BCUT2D eigenvalue weighted by Crippen LogP contribution is 2.44. The van der Waals surface area contributed by atoms with Crippen molar-refractivity contribution in [3.8, 4) is 11.1 Å². The van der Waals surface area contributed by atoms with E-state index in [4.69, 9.17) is 4.74 Å². The van der Waals surface area contributed by atoms with Crippen LogP contribution in [0.3, 0.4) is 0 Å². The number of alkyl carbamates (subject to hydrolysis) is 1. The van der Waals surface area contributed by atoms with E-state index in [0.29, 0.717) is 11.3 Å². The normalized spacial score (nSPS) is 13.9. The van der Waals surface area contributed by atoms with Crippen LogP contribution in [-0.2, 0) is 9.53 Å². The molecule has 1 aliphatic carbocycles. The average molecular weight is 444 g/mol. The Balaban J connectivity index is 1.28. The molecule has 0 aliphatic heterocycles. The van der Waals surface area contributed by atoms with Gasteiger partial charge >= 0.3 is 6.09 Å². The highest BCUT2D eigenvalue weighted by Gasteiger charge is 2.29. The van der Waals surface area contributed by atoms with Gasteiger partial charge in [-0.1, -0.05) is 60.7 Å². The number of aliphatic hydroxyl groups excluding tert-OH is 2. The van der Waals surface area contributed by atoms with Crippen molar-refractivity contribution < 1.29 is 24.5 Å². The number of carbonyl (C=O) groups excluding carboxylic acids is 2. The molecule has 7 heteroatoms. The van der Waals surface area contributed by atoms with Crippen LogP contribution in [0, 0.1) is 0 Å². The average Bonchev–Trinajstić information content (AvgIpc) is 3.16. The summed E-state index contributed by atoms with van der Waals surface area (Å²) >= 11 is 0. The summed E-state index contributed by atoms with van der Waals surface area (Å²) in [7, 11) is 0. The van der Waals surface area contributed by atoms with Crippen LogP contribution < -0.4 is 5.32 Å². The first-order valence-electron chi connectivity index (χ1n) is 10.7. The van der Waals surface area contributed by atoms with E-state index in [2.05, 4.69) is 34.6 Å². The molecular weight excluding hydrogens is 420 g/mol. The summed E-state index contributed by atoms with van der Waals surface area (Å²) in [5.74, 6) is -0.0307. The van der Waals surface area contributed by atoms with Crippen LogP contribution in [0.2, 0.25) is 0 Å². The zero-order valence-corrected chi connectivity index (χ0v) is 17.8. The number of amides is 1. The molecule has 3 aromatic carbocycles. The molecule has 0 saturated heterocycles. The number of rotatable bonds is 8. The van der Waals surface area contributed by atoms with Crippen LogP contribution in [0.4, 0.5) is 10.5 Å². The first kappa shape index (κ1) is 22.4. The Kier molecular flexibility index (Phi) is 6.95. The number of hydrogen-bond acceptors (Lipinski definition) is 6. The van der Waals surface area contributed by atoms with E-state index in [1.165, 1.54) is 12.1 Å². The Hall–Kier alpha value is -3.77. The van der Waals surface area contributed by atoms with Crippen LogP contribution in [0.1, 0.15) is 35.1 Å². The van der Waals surface area contributed by atoms with Gasteiger partial charge < -0.3 is 20.3 Å². The molecule has 0 aromatic heterocycles. The minimum atomic E-state index is -1.18. The Morgan fingerprint density at radius 2 is 1.67 bits per heavy atom. The van der Waals surface area contributed by atoms with E-state index >= 15 is 0 Å². The standard InChI is InChI=1S/C26H24N2O5/c29-16-28-18-7-5-6-17(14-18)25(31)24(30)12-13-27-26(32)33-15-23-21-10-3-1-8-19(21)20-9-2-4-11-22(20)23/h1-11,14,23-25,30-31H,12-13,15H2,(H,27,32). The zero-order chi connectivity index (χ0) is 23.2. The number of aliphatic hydroxyl groups is 2. The molecule has 0 radical (unpaired) electrons. The summed E-state index contributed by atoms with van der Waals surface area (Å²) in [6.07, 6.45) is -1.33. The number of isocyanates is 1. The fourth-order valence-corrected chi connectivity index (χ4v) is 4.18. The van der Waals surface area contributed by atoms with Crippen LogP contribution >= 0.6 is 0 Å². The second-order valence-electron chi connectivity index (χ2n) is 7.85. The predicted molar refractivity (Wildman–Crippen MR) is 123 cm³/mol. The van der Waals surface area contributed by atoms with Gasteiger partial charge in [-0.25, -0.2) is 9.59 Å². The third-order valence-electron chi connectivity index (χ3n) is 5.80. The molecule has 0 bridgehead atoms. The molecule has 0 spiro atoms. The molecule has 1 aliphatic rings. The van der Waals surface area contributed by atoms with Crippen molar-refractivity contribution in [1.82, 2.24) is 5.32 Å². The Morgan fingerprint density at radius 3 is 2.33 bits per heavy atom. The summed E-state index contributed by atoms with van der Waals surface area (Å²) in [4.78, 5) is 26.1. The first-order valence-corrected chi connectivity index (χ1v) is 10.7. The van der Waals surface area contributed by atoms with Gasteiger partial charge in [-0.2, -0.15) is 4.99 Å². The third-order valence-corrected chi connectivity index (χ3v) is 5.80. The number of nitrogens with one attached hydrogen (secondary N) is 1. The lowest BCUT2D eigenvalue weighted by molar-refractivity contribution is 0.0137. The fourth-order valence-electron chi connectivity index (χ4n) is 4.18. The summed E-state index contributed by atoms with van der Waals surface area (Å²) in [6.45, 7) is 0.330. The lowest BCUT2D eigenvalue weighted by atomic mass is 9.98. The quantitative estimate of drug-likeness (QED) is 0.360. The summed E-state index contributed by atoms with van der Waals surface area (Å²) in [6, 6.07) is 22.5. The predicted octanol–water partition coefficient (Wildman–Crippen LogP) is 3.98. The Morgan fingerprint density at radius 1 is 1.00 bits per heavy atom. The van der Waals surface area contributed by atoms with Crippen molar-refractivity contribution in [2.75, 3.05) is 13.2 Å².